The number of nitrogens with one attached hydrogen (secondary N) is 1. The van der Waals surface area contributed by atoms with Crippen molar-refractivity contribution in [2.45, 2.75) is 19.4 Å². The van der Waals surface area contributed by atoms with Crippen molar-refractivity contribution in [2.75, 3.05) is 25.0 Å². The van der Waals surface area contributed by atoms with Crippen LogP contribution in [0.5, 0.6) is 0 Å². The van der Waals surface area contributed by atoms with Gasteiger partial charge in [-0.2, -0.15) is 0 Å². The van der Waals surface area contributed by atoms with Gasteiger partial charge >= 0.3 is 0 Å². The first-order chi connectivity index (χ1) is 9.45. The number of nitrogens with two attached hydrogens (primary N) is 1. The summed E-state index contributed by atoms with van der Waals surface area (Å²) in [6.07, 6.45) is 0.861. The maximum absolute atomic E-state index is 13.0. The third kappa shape index (κ3) is 4.91. The number of halogens is 3. The van der Waals surface area contributed by atoms with Crippen LogP contribution in [0, 0.1) is 17.6 Å². The van der Waals surface area contributed by atoms with Crippen LogP contribution >= 0.6 is 12.4 Å². The van der Waals surface area contributed by atoms with Gasteiger partial charge in [0.2, 0.25) is 5.91 Å². The van der Waals surface area contributed by atoms with Crippen LogP contribution in [0.3, 0.4) is 0 Å². The molecule has 2 rings (SSSR count). The molecule has 2 unspecified atom stereocenters. The van der Waals surface area contributed by atoms with E-state index in [4.69, 9.17) is 5.73 Å². The van der Waals surface area contributed by atoms with Gasteiger partial charge < -0.3 is 11.1 Å². The first kappa shape index (κ1) is 17.8. The van der Waals surface area contributed by atoms with Crippen molar-refractivity contribution in [3.05, 3.63) is 29.8 Å². The lowest BCUT2D eigenvalue weighted by atomic mass is 9.95. The smallest absolute Gasteiger partial charge is 0.238 e. The molecule has 1 heterocycles. The van der Waals surface area contributed by atoms with Gasteiger partial charge in [-0.25, -0.2) is 8.78 Å². The Balaban J connectivity index is 0.00000220. The molecule has 1 aromatic carbocycles. The van der Waals surface area contributed by atoms with E-state index in [0.29, 0.717) is 5.92 Å². The first-order valence-electron chi connectivity index (χ1n) is 6.68. The summed E-state index contributed by atoms with van der Waals surface area (Å²) in [6.45, 7) is 3.84. The molecule has 1 saturated heterocycles. The van der Waals surface area contributed by atoms with E-state index in [0.717, 1.165) is 31.6 Å². The number of likely N-dealkylation sites (tertiary alicyclic amines) is 1. The minimum atomic E-state index is -0.972. The summed E-state index contributed by atoms with van der Waals surface area (Å²) >= 11 is 0. The molecule has 2 atom stereocenters. The molecule has 0 radical (unpaired) electrons. The average Bonchev–Trinajstić information content (AvgIpc) is 2.38. The number of piperidine rings is 1. The number of hydrogen-bond acceptors (Lipinski definition) is 3. The van der Waals surface area contributed by atoms with Gasteiger partial charge in [0.05, 0.1) is 6.54 Å². The second-order valence-electron chi connectivity index (χ2n) is 5.34. The number of rotatable bonds is 3. The van der Waals surface area contributed by atoms with Crippen LogP contribution in [0.15, 0.2) is 18.2 Å². The maximum atomic E-state index is 13.0. The highest BCUT2D eigenvalue weighted by atomic mass is 35.5. The molecule has 0 saturated carbocycles. The van der Waals surface area contributed by atoms with Crippen molar-refractivity contribution < 1.29 is 13.6 Å². The third-order valence-corrected chi connectivity index (χ3v) is 3.63. The van der Waals surface area contributed by atoms with Gasteiger partial charge in [0.1, 0.15) is 0 Å². The molecular formula is C14H20ClF2N3O. The lowest BCUT2D eigenvalue weighted by Crippen LogP contribution is -2.48. The minimum Gasteiger partial charge on any atom is -0.327 e. The van der Waals surface area contributed by atoms with Crippen molar-refractivity contribution in [2.24, 2.45) is 11.7 Å². The molecule has 118 valence electrons. The Hall–Kier alpha value is -1.24. The van der Waals surface area contributed by atoms with Crippen LogP contribution < -0.4 is 11.1 Å². The fourth-order valence-corrected chi connectivity index (χ4v) is 2.37. The second kappa shape index (κ2) is 7.68. The number of amides is 1. The highest BCUT2D eigenvalue weighted by molar-refractivity contribution is 5.92. The standard InChI is InChI=1S/C14H19F2N3O.ClH/c1-9-7-19(5-4-13(9)17)8-14(20)18-10-2-3-11(15)12(16)6-10;/h2-3,6,9,13H,4-5,7-8,17H2,1H3,(H,18,20);1H. The number of anilines is 1. The molecule has 21 heavy (non-hydrogen) atoms. The zero-order chi connectivity index (χ0) is 14.7. The van der Waals surface area contributed by atoms with Gasteiger partial charge in [-0.15, -0.1) is 12.4 Å². The molecule has 0 aromatic heterocycles. The highest BCUT2D eigenvalue weighted by Gasteiger charge is 2.24. The summed E-state index contributed by atoms with van der Waals surface area (Å²) in [5.41, 5.74) is 6.18. The second-order valence-corrected chi connectivity index (χ2v) is 5.34. The molecule has 1 amide bonds. The van der Waals surface area contributed by atoms with Crippen LogP contribution in [0.2, 0.25) is 0 Å². The van der Waals surface area contributed by atoms with Crippen LogP contribution in [0.1, 0.15) is 13.3 Å². The average molecular weight is 320 g/mol. The molecule has 3 N–H and O–H groups in total. The van der Waals surface area contributed by atoms with Gasteiger partial charge in [-0.3, -0.25) is 9.69 Å². The van der Waals surface area contributed by atoms with Crippen molar-refractivity contribution >= 4 is 24.0 Å². The van der Waals surface area contributed by atoms with E-state index in [2.05, 4.69) is 12.2 Å². The zero-order valence-corrected chi connectivity index (χ0v) is 12.6. The lowest BCUT2D eigenvalue weighted by Gasteiger charge is -2.34. The first-order valence-corrected chi connectivity index (χ1v) is 6.68. The molecule has 4 nitrogen and oxygen atoms in total. The fraction of sp³-hybridized carbons (Fsp3) is 0.500. The normalized spacial score (nSPS) is 22.5. The fourth-order valence-electron chi connectivity index (χ4n) is 2.37. The summed E-state index contributed by atoms with van der Waals surface area (Å²) in [5.74, 6) is -1.79. The molecular weight excluding hydrogens is 300 g/mol. The number of carbonyl (C=O) groups excluding carboxylic acids is 1. The Kier molecular flexibility index (Phi) is 6.51. The van der Waals surface area contributed by atoms with E-state index < -0.39 is 11.6 Å². The molecule has 1 fully saturated rings. The molecule has 1 aliphatic heterocycles. The molecule has 1 aliphatic rings. The summed E-state index contributed by atoms with van der Waals surface area (Å²) in [6, 6.07) is 3.49. The van der Waals surface area contributed by atoms with Crippen LogP contribution in [-0.4, -0.2) is 36.5 Å². The Morgan fingerprint density at radius 2 is 2.14 bits per heavy atom. The zero-order valence-electron chi connectivity index (χ0n) is 11.8. The Morgan fingerprint density at radius 3 is 2.76 bits per heavy atom. The number of hydrogen-bond donors (Lipinski definition) is 2. The van der Waals surface area contributed by atoms with Crippen LogP contribution in [0.25, 0.3) is 0 Å². The van der Waals surface area contributed by atoms with E-state index in [1.54, 1.807) is 0 Å². The summed E-state index contributed by atoms with van der Waals surface area (Å²) in [4.78, 5) is 13.9. The lowest BCUT2D eigenvalue weighted by molar-refractivity contribution is -0.117. The monoisotopic (exact) mass is 319 g/mol. The quantitative estimate of drug-likeness (QED) is 0.896. The topological polar surface area (TPSA) is 58.4 Å². The SMILES string of the molecule is CC1CN(CC(=O)Nc2ccc(F)c(F)c2)CCC1N.Cl. The van der Waals surface area contributed by atoms with Gasteiger partial charge in [0.25, 0.3) is 0 Å². The largest absolute Gasteiger partial charge is 0.327 e. The Labute approximate surface area is 129 Å². The van der Waals surface area contributed by atoms with Crippen molar-refractivity contribution in [3.8, 4) is 0 Å². The summed E-state index contributed by atoms with van der Waals surface area (Å²) in [7, 11) is 0. The number of carbonyl (C=O) groups is 1. The number of benzene rings is 1. The molecule has 0 spiro atoms. The van der Waals surface area contributed by atoms with Crippen LogP contribution in [0.4, 0.5) is 14.5 Å². The highest BCUT2D eigenvalue weighted by Crippen LogP contribution is 2.16. The van der Waals surface area contributed by atoms with Crippen molar-refractivity contribution in [1.82, 2.24) is 4.90 Å². The third-order valence-electron chi connectivity index (χ3n) is 3.63. The molecule has 7 heteroatoms. The van der Waals surface area contributed by atoms with Gasteiger partial charge in [-0.1, -0.05) is 6.92 Å². The van der Waals surface area contributed by atoms with Crippen molar-refractivity contribution in [3.63, 3.8) is 0 Å². The minimum absolute atomic E-state index is 0. The van der Waals surface area contributed by atoms with Crippen LogP contribution in [-0.2, 0) is 4.79 Å². The van der Waals surface area contributed by atoms with Gasteiger partial charge in [0, 0.05) is 30.9 Å². The Bertz CT molecular complexity index is 501. The number of nitrogens with zero attached hydrogens (tertiary/aromatic N) is 1. The molecule has 1 aromatic rings. The maximum Gasteiger partial charge on any atom is 0.238 e. The summed E-state index contributed by atoms with van der Waals surface area (Å²) < 4.78 is 25.8. The molecule has 0 bridgehead atoms. The molecule has 0 aliphatic carbocycles. The Morgan fingerprint density at radius 1 is 1.43 bits per heavy atom. The van der Waals surface area contributed by atoms with E-state index >= 15 is 0 Å². The van der Waals surface area contributed by atoms with E-state index in [-0.39, 0.29) is 36.6 Å². The van der Waals surface area contributed by atoms with E-state index in [1.165, 1.54) is 6.07 Å². The van der Waals surface area contributed by atoms with E-state index in [1.807, 2.05) is 4.90 Å². The van der Waals surface area contributed by atoms with Gasteiger partial charge in [0.15, 0.2) is 11.6 Å². The predicted octanol–water partition coefficient (Wildman–Crippen LogP) is 1.99. The predicted molar refractivity (Wildman–Crippen MR) is 80.4 cm³/mol. The van der Waals surface area contributed by atoms with Gasteiger partial charge in [-0.05, 0) is 24.5 Å². The summed E-state index contributed by atoms with van der Waals surface area (Å²) in [5, 5.41) is 2.56. The van der Waals surface area contributed by atoms with E-state index in [9.17, 15) is 13.6 Å². The van der Waals surface area contributed by atoms with Crippen molar-refractivity contribution in [1.29, 1.82) is 0 Å².